The van der Waals surface area contributed by atoms with Crippen molar-refractivity contribution in [2.75, 3.05) is 0 Å². The smallest absolute Gasteiger partial charge is 0.291 e. The van der Waals surface area contributed by atoms with Gasteiger partial charge in [0, 0.05) is 16.7 Å². The summed E-state index contributed by atoms with van der Waals surface area (Å²) in [6.07, 6.45) is 3.42. The van der Waals surface area contributed by atoms with Crippen molar-refractivity contribution in [3.63, 3.8) is 0 Å². The molecule has 0 spiro atoms. The van der Waals surface area contributed by atoms with Gasteiger partial charge in [0.1, 0.15) is 5.54 Å². The van der Waals surface area contributed by atoms with Crippen molar-refractivity contribution in [1.82, 2.24) is 0 Å². The summed E-state index contributed by atoms with van der Waals surface area (Å²) in [5, 5.41) is 0. The molecule has 0 aliphatic heterocycles. The van der Waals surface area contributed by atoms with E-state index in [1.165, 1.54) is 0 Å². The van der Waals surface area contributed by atoms with E-state index in [2.05, 4.69) is 51.6 Å². The Hall–Kier alpha value is -3.88. The second kappa shape index (κ2) is 12.4. The fourth-order valence-corrected chi connectivity index (χ4v) is 3.92. The van der Waals surface area contributed by atoms with Gasteiger partial charge in [-0.2, -0.15) is 9.59 Å². The van der Waals surface area contributed by atoms with Gasteiger partial charge in [-0.15, -0.1) is 6.58 Å². The van der Waals surface area contributed by atoms with Gasteiger partial charge in [0.2, 0.25) is 0 Å². The number of hydrogen-bond acceptors (Lipinski definition) is 4. The number of hydrogen-bond donors (Lipinski definition) is 0. The third kappa shape index (κ3) is 6.34. The number of carbonyl (C=O) groups excluding carboxylic acids is 3. The van der Waals surface area contributed by atoms with E-state index in [-0.39, 0.29) is 11.9 Å². The number of rotatable bonds is 8. The van der Waals surface area contributed by atoms with Gasteiger partial charge in [0.05, 0.1) is 5.71 Å². The van der Waals surface area contributed by atoms with Crippen molar-refractivity contribution in [3.8, 4) is 0 Å². The highest BCUT2D eigenvalue weighted by molar-refractivity contribution is 6.15. The van der Waals surface area contributed by atoms with E-state index in [0.29, 0.717) is 18.4 Å². The zero-order valence-electron chi connectivity index (χ0n) is 20.0. The standard InChI is InChI=1S/C29H31NO.CO2/c1-5-6-22-29(28(2,3)4,27(31)25-20-14-9-15-21-25)30-26(23-16-10-7-11-17-23)24-18-12-8-13-19-24;2-1-3/h5,7-21H,1,6,22H2,2-4H3;. The Kier molecular flexibility index (Phi) is 9.61. The van der Waals surface area contributed by atoms with Crippen molar-refractivity contribution >= 4 is 17.6 Å². The quantitative estimate of drug-likeness (QED) is 0.220. The molecule has 0 radical (unpaired) electrons. The SMILES string of the molecule is C=CCCC(N=C(c1ccccc1)c1ccccc1)(C(=O)c1ccccc1)C(C)(C)C.O=C=O. The van der Waals surface area contributed by atoms with Crippen molar-refractivity contribution in [3.05, 3.63) is 120 Å². The zero-order chi connectivity index (χ0) is 25.0. The Bertz CT molecular complexity index is 1080. The molecule has 0 N–H and O–H groups in total. The maximum Gasteiger partial charge on any atom is 0.373 e. The molecule has 3 rings (SSSR count). The molecule has 4 heteroatoms. The van der Waals surface area contributed by atoms with E-state index in [1.54, 1.807) is 0 Å². The lowest BCUT2D eigenvalue weighted by molar-refractivity contribution is -0.191. The Morgan fingerprint density at radius 3 is 1.53 bits per heavy atom. The lowest BCUT2D eigenvalue weighted by atomic mass is 9.67. The van der Waals surface area contributed by atoms with Crippen LogP contribution < -0.4 is 0 Å². The molecule has 1 unspecified atom stereocenters. The van der Waals surface area contributed by atoms with E-state index in [1.807, 2.05) is 72.8 Å². The Labute approximate surface area is 202 Å². The van der Waals surface area contributed by atoms with Gasteiger partial charge in [0.15, 0.2) is 5.78 Å². The van der Waals surface area contributed by atoms with Crippen LogP contribution in [0.1, 0.15) is 55.1 Å². The van der Waals surface area contributed by atoms with Crippen LogP contribution in [0.25, 0.3) is 0 Å². The van der Waals surface area contributed by atoms with Gasteiger partial charge in [0.25, 0.3) is 0 Å². The maximum atomic E-state index is 14.1. The van der Waals surface area contributed by atoms with Crippen LogP contribution in [0.15, 0.2) is 109 Å². The summed E-state index contributed by atoms with van der Waals surface area (Å²) in [5.41, 5.74) is 2.18. The third-order valence-electron chi connectivity index (χ3n) is 5.76. The van der Waals surface area contributed by atoms with Crippen LogP contribution in [0, 0.1) is 5.41 Å². The molecule has 0 saturated carbocycles. The molecule has 0 aliphatic rings. The van der Waals surface area contributed by atoms with Gasteiger partial charge < -0.3 is 0 Å². The van der Waals surface area contributed by atoms with Crippen molar-refractivity contribution in [2.24, 2.45) is 10.4 Å². The number of aliphatic imine (C=N–C) groups is 1. The van der Waals surface area contributed by atoms with Crippen LogP contribution >= 0.6 is 0 Å². The van der Waals surface area contributed by atoms with Gasteiger partial charge in [-0.1, -0.05) is 118 Å². The molecule has 0 fully saturated rings. The summed E-state index contributed by atoms with van der Waals surface area (Å²) >= 11 is 0. The number of carbonyl (C=O) groups is 1. The monoisotopic (exact) mass is 453 g/mol. The number of Topliss-reactive ketones (excluding diaryl/α,β-unsaturated/α-hetero) is 1. The van der Waals surface area contributed by atoms with E-state index >= 15 is 0 Å². The second-order valence-corrected chi connectivity index (χ2v) is 8.91. The molecular weight excluding hydrogens is 422 g/mol. The molecule has 1 atom stereocenters. The van der Waals surface area contributed by atoms with Crippen LogP contribution in [0.2, 0.25) is 0 Å². The first-order valence-corrected chi connectivity index (χ1v) is 11.2. The summed E-state index contributed by atoms with van der Waals surface area (Å²) < 4.78 is 0. The Balaban J connectivity index is 0.00000129. The fraction of sp³-hybridized carbons (Fsp3) is 0.233. The minimum absolute atomic E-state index is 0.0480. The van der Waals surface area contributed by atoms with Gasteiger partial charge >= 0.3 is 6.15 Å². The fourth-order valence-electron chi connectivity index (χ4n) is 3.92. The van der Waals surface area contributed by atoms with E-state index in [9.17, 15) is 4.79 Å². The molecule has 0 amide bonds. The lowest BCUT2D eigenvalue weighted by Gasteiger charge is -2.41. The van der Waals surface area contributed by atoms with Gasteiger partial charge in [-0.25, -0.2) is 0 Å². The molecule has 3 aromatic rings. The highest BCUT2D eigenvalue weighted by atomic mass is 16.2. The molecule has 0 aromatic heterocycles. The molecule has 4 nitrogen and oxygen atoms in total. The molecule has 0 heterocycles. The molecule has 174 valence electrons. The maximum absolute atomic E-state index is 14.1. The minimum atomic E-state index is -0.941. The summed E-state index contributed by atoms with van der Waals surface area (Å²) in [5.74, 6) is 0.0480. The molecule has 0 saturated heterocycles. The lowest BCUT2D eigenvalue weighted by Crippen LogP contribution is -2.49. The van der Waals surface area contributed by atoms with Crippen LogP contribution in [-0.2, 0) is 9.59 Å². The van der Waals surface area contributed by atoms with Crippen LogP contribution in [0.3, 0.4) is 0 Å². The average Bonchev–Trinajstić information content (AvgIpc) is 2.85. The van der Waals surface area contributed by atoms with Gasteiger partial charge in [-0.3, -0.25) is 9.79 Å². The highest BCUT2D eigenvalue weighted by Gasteiger charge is 2.48. The number of nitrogens with zero attached hydrogens (tertiary/aromatic N) is 1. The molecule has 0 bridgehead atoms. The van der Waals surface area contributed by atoms with Crippen LogP contribution in [-0.4, -0.2) is 23.2 Å². The average molecular weight is 454 g/mol. The number of benzene rings is 3. The minimum Gasteiger partial charge on any atom is -0.291 e. The first-order chi connectivity index (χ1) is 16.3. The van der Waals surface area contributed by atoms with E-state index < -0.39 is 11.0 Å². The largest absolute Gasteiger partial charge is 0.373 e. The predicted molar refractivity (Wildman–Crippen MR) is 136 cm³/mol. The van der Waals surface area contributed by atoms with Crippen molar-refractivity contribution < 1.29 is 14.4 Å². The highest BCUT2D eigenvalue weighted by Crippen LogP contribution is 2.42. The van der Waals surface area contributed by atoms with Gasteiger partial charge in [-0.05, 0) is 18.3 Å². The summed E-state index contributed by atoms with van der Waals surface area (Å²) in [4.78, 5) is 35.7. The summed E-state index contributed by atoms with van der Waals surface area (Å²) in [7, 11) is 0. The number of allylic oxidation sites excluding steroid dienone is 1. The molecule has 34 heavy (non-hydrogen) atoms. The third-order valence-corrected chi connectivity index (χ3v) is 5.76. The van der Waals surface area contributed by atoms with Crippen LogP contribution in [0.5, 0.6) is 0 Å². The topological polar surface area (TPSA) is 63.6 Å². The van der Waals surface area contributed by atoms with Crippen molar-refractivity contribution in [2.45, 2.75) is 39.2 Å². The second-order valence-electron chi connectivity index (χ2n) is 8.91. The van der Waals surface area contributed by atoms with Crippen molar-refractivity contribution in [1.29, 1.82) is 0 Å². The van der Waals surface area contributed by atoms with Crippen LogP contribution in [0.4, 0.5) is 0 Å². The summed E-state index contributed by atoms with van der Waals surface area (Å²) in [6, 6.07) is 29.8. The summed E-state index contributed by atoms with van der Waals surface area (Å²) in [6.45, 7) is 10.2. The van der Waals surface area contributed by atoms with E-state index in [4.69, 9.17) is 14.6 Å². The molecule has 0 aliphatic carbocycles. The predicted octanol–water partition coefficient (Wildman–Crippen LogP) is 6.57. The first kappa shape index (κ1) is 26.4. The normalized spacial score (nSPS) is 12.2. The molecular formula is C30H31NO3. The number of ketones is 1. The zero-order valence-corrected chi connectivity index (χ0v) is 20.0. The van der Waals surface area contributed by atoms with E-state index in [0.717, 1.165) is 16.8 Å². The Morgan fingerprint density at radius 2 is 1.18 bits per heavy atom. The Morgan fingerprint density at radius 1 is 0.794 bits per heavy atom. The first-order valence-electron chi connectivity index (χ1n) is 11.2. The molecule has 3 aromatic carbocycles.